The standard InChI is InChI=1S/C11H19/c1-3-5-7-9-11-10-8-6-4-2/h3-6H,1,7-11H2,2H3/b5-3+,6-4+. The molecule has 0 bridgehead atoms. The number of allylic oxidation sites excluding steroid dienone is 4. The van der Waals surface area contributed by atoms with Crippen LogP contribution >= 0.6 is 0 Å². The van der Waals surface area contributed by atoms with Crippen LogP contribution in [0.5, 0.6) is 0 Å². The Hall–Kier alpha value is -0.520. The van der Waals surface area contributed by atoms with E-state index in [0.29, 0.717) is 0 Å². The van der Waals surface area contributed by atoms with Gasteiger partial charge in [0, 0.05) is 0 Å². The fourth-order valence-corrected chi connectivity index (χ4v) is 0.986. The molecule has 0 nitrogen and oxygen atoms in total. The van der Waals surface area contributed by atoms with Gasteiger partial charge >= 0.3 is 0 Å². The van der Waals surface area contributed by atoms with Crippen LogP contribution in [0.4, 0.5) is 0 Å². The summed E-state index contributed by atoms with van der Waals surface area (Å²) in [6.07, 6.45) is 14.8. The topological polar surface area (TPSA) is 0 Å². The maximum atomic E-state index is 3.64. The summed E-state index contributed by atoms with van der Waals surface area (Å²) < 4.78 is 0. The molecule has 0 atom stereocenters. The Balaban J connectivity index is 2.90. The maximum absolute atomic E-state index is 3.64. The summed E-state index contributed by atoms with van der Waals surface area (Å²) >= 11 is 0. The molecular formula is C11H19. The molecule has 0 aliphatic carbocycles. The predicted octanol–water partition coefficient (Wildman–Crippen LogP) is 3.90. The largest absolute Gasteiger partial charge is 0.0917 e. The Morgan fingerprint density at radius 2 is 1.64 bits per heavy atom. The molecule has 0 aromatic heterocycles. The molecule has 0 heterocycles. The molecule has 0 spiro atoms. The minimum atomic E-state index is 1.19. The number of unbranched alkanes of at least 4 members (excludes halogenated alkanes) is 4. The molecule has 0 aliphatic heterocycles. The van der Waals surface area contributed by atoms with Gasteiger partial charge in [0.05, 0.1) is 0 Å². The second-order valence-electron chi connectivity index (χ2n) is 2.68. The van der Waals surface area contributed by atoms with Gasteiger partial charge in [0.2, 0.25) is 0 Å². The predicted molar refractivity (Wildman–Crippen MR) is 52.4 cm³/mol. The number of hydrogen-bond acceptors (Lipinski definition) is 0. The van der Waals surface area contributed by atoms with Crippen LogP contribution in [0, 0.1) is 6.92 Å². The molecule has 0 N–H and O–H groups in total. The highest BCUT2D eigenvalue weighted by Gasteiger charge is 1.84. The van der Waals surface area contributed by atoms with Gasteiger partial charge in [-0.3, -0.25) is 0 Å². The first-order chi connectivity index (χ1) is 5.41. The fourth-order valence-electron chi connectivity index (χ4n) is 0.986. The van der Waals surface area contributed by atoms with E-state index in [1.165, 1.54) is 32.1 Å². The molecule has 0 heteroatoms. The van der Waals surface area contributed by atoms with Crippen molar-refractivity contribution in [2.24, 2.45) is 0 Å². The van der Waals surface area contributed by atoms with Crippen molar-refractivity contribution in [2.45, 2.75) is 39.0 Å². The van der Waals surface area contributed by atoms with Gasteiger partial charge in [-0.05, 0) is 39.5 Å². The Morgan fingerprint density at radius 3 is 2.18 bits per heavy atom. The lowest BCUT2D eigenvalue weighted by Gasteiger charge is -1.93. The maximum Gasteiger partial charge on any atom is -0.0316 e. The Bertz CT molecular complexity index is 95.2. The van der Waals surface area contributed by atoms with Crippen molar-refractivity contribution in [3.8, 4) is 0 Å². The monoisotopic (exact) mass is 151 g/mol. The molecule has 0 aromatic carbocycles. The van der Waals surface area contributed by atoms with Crippen LogP contribution in [0.3, 0.4) is 0 Å². The molecule has 0 unspecified atom stereocenters. The molecular weight excluding hydrogens is 132 g/mol. The molecule has 1 radical (unpaired) electrons. The molecule has 0 amide bonds. The van der Waals surface area contributed by atoms with Crippen LogP contribution in [-0.2, 0) is 0 Å². The summed E-state index contributed by atoms with van der Waals surface area (Å²) in [7, 11) is 0. The average molecular weight is 151 g/mol. The summed E-state index contributed by atoms with van der Waals surface area (Å²) in [5, 5.41) is 0. The summed E-state index contributed by atoms with van der Waals surface area (Å²) in [6.45, 7) is 5.72. The lowest BCUT2D eigenvalue weighted by atomic mass is 10.1. The van der Waals surface area contributed by atoms with Crippen molar-refractivity contribution < 1.29 is 0 Å². The zero-order chi connectivity index (χ0) is 8.36. The zero-order valence-electron chi connectivity index (χ0n) is 7.55. The highest BCUT2D eigenvalue weighted by Crippen LogP contribution is 2.03. The Kier molecular flexibility index (Phi) is 9.03. The van der Waals surface area contributed by atoms with E-state index in [2.05, 4.69) is 32.1 Å². The van der Waals surface area contributed by atoms with Crippen molar-refractivity contribution >= 4 is 0 Å². The smallest absolute Gasteiger partial charge is 0.0316 e. The van der Waals surface area contributed by atoms with Crippen LogP contribution in [0.1, 0.15) is 39.0 Å². The second-order valence-corrected chi connectivity index (χ2v) is 2.68. The molecule has 0 aliphatic rings. The molecule has 0 saturated heterocycles. The van der Waals surface area contributed by atoms with Crippen LogP contribution in [0.25, 0.3) is 0 Å². The van der Waals surface area contributed by atoms with Crippen molar-refractivity contribution in [1.29, 1.82) is 0 Å². The average Bonchev–Trinajstić information content (AvgIpc) is 2.03. The number of hydrogen-bond donors (Lipinski definition) is 0. The van der Waals surface area contributed by atoms with E-state index in [0.717, 1.165) is 0 Å². The molecule has 63 valence electrons. The van der Waals surface area contributed by atoms with Crippen LogP contribution in [0.15, 0.2) is 24.3 Å². The zero-order valence-corrected chi connectivity index (χ0v) is 7.55. The van der Waals surface area contributed by atoms with Crippen molar-refractivity contribution in [3.05, 3.63) is 31.2 Å². The van der Waals surface area contributed by atoms with Gasteiger partial charge < -0.3 is 0 Å². The summed E-state index contributed by atoms with van der Waals surface area (Å²) in [5.41, 5.74) is 0. The van der Waals surface area contributed by atoms with Gasteiger partial charge in [0.15, 0.2) is 0 Å². The van der Waals surface area contributed by atoms with Crippen LogP contribution in [-0.4, -0.2) is 0 Å². The van der Waals surface area contributed by atoms with E-state index >= 15 is 0 Å². The summed E-state index contributed by atoms with van der Waals surface area (Å²) in [5.74, 6) is 0. The molecule has 0 fully saturated rings. The second kappa shape index (κ2) is 9.48. The van der Waals surface area contributed by atoms with Gasteiger partial charge in [-0.25, -0.2) is 0 Å². The molecule has 0 rings (SSSR count). The van der Waals surface area contributed by atoms with Gasteiger partial charge in [0.25, 0.3) is 0 Å². The van der Waals surface area contributed by atoms with Gasteiger partial charge in [0.1, 0.15) is 0 Å². The van der Waals surface area contributed by atoms with Crippen LogP contribution in [0.2, 0.25) is 0 Å². The van der Waals surface area contributed by atoms with Crippen molar-refractivity contribution in [3.63, 3.8) is 0 Å². The highest BCUT2D eigenvalue weighted by atomic mass is 13.9. The Morgan fingerprint density at radius 1 is 1.00 bits per heavy atom. The quantitative estimate of drug-likeness (QED) is 0.399. The van der Waals surface area contributed by atoms with Crippen molar-refractivity contribution in [2.75, 3.05) is 0 Å². The first-order valence-corrected chi connectivity index (χ1v) is 4.47. The lowest BCUT2D eigenvalue weighted by Crippen LogP contribution is -1.74. The normalized spacial score (nSPS) is 11.8. The SMILES string of the molecule is [CH2]/C=C/CCCCC/C=C/C. The summed E-state index contributed by atoms with van der Waals surface area (Å²) in [4.78, 5) is 0. The van der Waals surface area contributed by atoms with Crippen LogP contribution < -0.4 is 0 Å². The molecule has 0 aromatic rings. The Labute approximate surface area is 71.0 Å². The van der Waals surface area contributed by atoms with E-state index in [4.69, 9.17) is 0 Å². The van der Waals surface area contributed by atoms with E-state index in [1.54, 1.807) is 0 Å². The van der Waals surface area contributed by atoms with Gasteiger partial charge in [-0.2, -0.15) is 0 Å². The van der Waals surface area contributed by atoms with E-state index in [-0.39, 0.29) is 0 Å². The third-order valence-corrected chi connectivity index (χ3v) is 1.64. The molecule has 0 saturated carbocycles. The number of rotatable bonds is 6. The van der Waals surface area contributed by atoms with Crippen molar-refractivity contribution in [1.82, 2.24) is 0 Å². The van der Waals surface area contributed by atoms with E-state index in [1.807, 2.05) is 6.08 Å². The summed E-state index contributed by atoms with van der Waals surface area (Å²) in [6, 6.07) is 0. The highest BCUT2D eigenvalue weighted by molar-refractivity contribution is 4.83. The van der Waals surface area contributed by atoms with E-state index in [9.17, 15) is 0 Å². The third kappa shape index (κ3) is 9.48. The van der Waals surface area contributed by atoms with Gasteiger partial charge in [-0.1, -0.05) is 30.7 Å². The molecule has 11 heavy (non-hydrogen) atoms. The fraction of sp³-hybridized carbons (Fsp3) is 0.545. The van der Waals surface area contributed by atoms with E-state index < -0.39 is 0 Å². The lowest BCUT2D eigenvalue weighted by molar-refractivity contribution is 0.696. The minimum absolute atomic E-state index is 1.19. The first kappa shape index (κ1) is 10.5. The van der Waals surface area contributed by atoms with Gasteiger partial charge in [-0.15, -0.1) is 0 Å². The third-order valence-electron chi connectivity index (χ3n) is 1.64. The minimum Gasteiger partial charge on any atom is -0.0917 e. The first-order valence-electron chi connectivity index (χ1n) is 4.47.